The van der Waals surface area contributed by atoms with E-state index < -0.39 is 15.9 Å². The molecule has 17 heavy (non-hydrogen) atoms. The molecule has 2 heterocycles. The molecular weight excluding hydrogens is 244 g/mol. The van der Waals surface area contributed by atoms with Crippen molar-refractivity contribution in [2.24, 2.45) is 5.92 Å². The summed E-state index contributed by atoms with van der Waals surface area (Å²) in [5, 5.41) is 10.1. The van der Waals surface area contributed by atoms with Gasteiger partial charge in [0.15, 0.2) is 9.84 Å². The zero-order valence-corrected chi connectivity index (χ0v) is 10.2. The molecule has 0 aliphatic carbocycles. The minimum absolute atomic E-state index is 0.00606. The van der Waals surface area contributed by atoms with E-state index in [1.807, 2.05) is 0 Å². The lowest BCUT2D eigenvalue weighted by Crippen LogP contribution is -2.16. The van der Waals surface area contributed by atoms with Crippen LogP contribution in [-0.4, -0.2) is 42.1 Å². The second kappa shape index (κ2) is 4.58. The van der Waals surface area contributed by atoms with Gasteiger partial charge in [-0.05, 0) is 6.42 Å². The van der Waals surface area contributed by atoms with Crippen molar-refractivity contribution in [1.29, 1.82) is 0 Å². The van der Waals surface area contributed by atoms with Crippen LogP contribution in [0.25, 0.3) is 0 Å². The Morgan fingerprint density at radius 1 is 1.47 bits per heavy atom. The van der Waals surface area contributed by atoms with Gasteiger partial charge in [0.25, 0.3) is 0 Å². The molecule has 1 aliphatic rings. The van der Waals surface area contributed by atoms with Crippen molar-refractivity contribution in [3.05, 3.63) is 18.1 Å². The molecule has 2 rings (SSSR count). The van der Waals surface area contributed by atoms with Crippen molar-refractivity contribution in [3.63, 3.8) is 0 Å². The summed E-state index contributed by atoms with van der Waals surface area (Å²) in [5.41, 5.74) is 0.303. The van der Waals surface area contributed by atoms with Crippen molar-refractivity contribution in [2.75, 3.05) is 18.6 Å². The van der Waals surface area contributed by atoms with Crippen LogP contribution in [-0.2, 0) is 9.84 Å². The van der Waals surface area contributed by atoms with Gasteiger partial charge in [-0.2, -0.15) is 0 Å². The Kier molecular flexibility index (Phi) is 3.30. The maximum Gasteiger partial charge on any atom is 0.238 e. The van der Waals surface area contributed by atoms with Gasteiger partial charge < -0.3 is 9.84 Å². The molecule has 0 amide bonds. The van der Waals surface area contributed by atoms with Gasteiger partial charge in [0.05, 0.1) is 18.6 Å². The molecule has 7 heteroatoms. The van der Waals surface area contributed by atoms with E-state index in [1.54, 1.807) is 0 Å². The van der Waals surface area contributed by atoms with Crippen molar-refractivity contribution in [2.45, 2.75) is 12.5 Å². The van der Waals surface area contributed by atoms with Gasteiger partial charge in [-0.3, -0.25) is 4.98 Å². The fraction of sp³-hybridized carbons (Fsp3) is 0.600. The molecule has 1 fully saturated rings. The molecule has 2 atom stereocenters. The van der Waals surface area contributed by atoms with Crippen molar-refractivity contribution < 1.29 is 18.3 Å². The largest absolute Gasteiger partial charge is 0.480 e. The molecule has 1 N–H and O–H groups in total. The summed E-state index contributed by atoms with van der Waals surface area (Å²) < 4.78 is 27.7. The quantitative estimate of drug-likeness (QED) is 0.817. The minimum Gasteiger partial charge on any atom is -0.480 e. The van der Waals surface area contributed by atoms with Gasteiger partial charge in [-0.15, -0.1) is 0 Å². The lowest BCUT2D eigenvalue weighted by molar-refractivity contribution is 0.112. The molecule has 94 valence electrons. The van der Waals surface area contributed by atoms with E-state index in [0.717, 1.165) is 0 Å². The summed E-state index contributed by atoms with van der Waals surface area (Å²) in [7, 11) is -1.58. The van der Waals surface area contributed by atoms with E-state index in [0.29, 0.717) is 12.1 Å². The first-order valence-corrected chi connectivity index (χ1v) is 7.09. The average Bonchev–Trinajstić information content (AvgIpc) is 2.68. The molecule has 1 aliphatic heterocycles. The summed E-state index contributed by atoms with van der Waals surface area (Å²) in [5.74, 6) is 0.0282. The first-order chi connectivity index (χ1) is 8.03. The monoisotopic (exact) mass is 258 g/mol. The van der Waals surface area contributed by atoms with E-state index >= 15 is 0 Å². The van der Waals surface area contributed by atoms with E-state index in [4.69, 9.17) is 4.74 Å². The molecule has 0 aromatic carbocycles. The first-order valence-electron chi connectivity index (χ1n) is 5.27. The third kappa shape index (κ3) is 2.55. The number of methoxy groups -OCH3 is 1. The minimum atomic E-state index is -3.02. The second-order valence-electron chi connectivity index (χ2n) is 4.06. The summed E-state index contributed by atoms with van der Waals surface area (Å²) in [6.45, 7) is 0. The number of aliphatic hydroxyl groups excluding tert-OH is 1. The Labute approximate surface area is 99.6 Å². The van der Waals surface area contributed by atoms with Crippen molar-refractivity contribution in [3.8, 4) is 5.88 Å². The standard InChI is InChI=1S/C10H14N2O4S/c1-16-10-8(11-3-4-12-10)9(13)7-2-5-17(14,15)6-7/h3-4,7,9,13H,2,5-6H2,1H3. The first kappa shape index (κ1) is 12.3. The van der Waals surface area contributed by atoms with Gasteiger partial charge in [-0.1, -0.05) is 0 Å². The van der Waals surface area contributed by atoms with Crippen LogP contribution in [0, 0.1) is 5.92 Å². The zero-order valence-electron chi connectivity index (χ0n) is 9.41. The number of aromatic nitrogens is 2. The summed E-state index contributed by atoms with van der Waals surface area (Å²) in [6, 6.07) is 0. The number of hydrogen-bond acceptors (Lipinski definition) is 6. The topological polar surface area (TPSA) is 89.4 Å². The Morgan fingerprint density at radius 2 is 2.18 bits per heavy atom. The van der Waals surface area contributed by atoms with E-state index in [1.165, 1.54) is 19.5 Å². The Morgan fingerprint density at radius 3 is 2.76 bits per heavy atom. The van der Waals surface area contributed by atoms with E-state index in [9.17, 15) is 13.5 Å². The summed E-state index contributed by atoms with van der Waals surface area (Å²) >= 11 is 0. The smallest absolute Gasteiger partial charge is 0.238 e. The van der Waals surface area contributed by atoms with Crippen LogP contribution in [0.4, 0.5) is 0 Å². The van der Waals surface area contributed by atoms with Crippen molar-refractivity contribution in [1.82, 2.24) is 9.97 Å². The van der Waals surface area contributed by atoms with Gasteiger partial charge >= 0.3 is 0 Å². The number of rotatable bonds is 3. The van der Waals surface area contributed by atoms with Crippen LogP contribution in [0.3, 0.4) is 0 Å². The summed E-state index contributed by atoms with van der Waals surface area (Å²) in [4.78, 5) is 7.94. The number of nitrogens with zero attached hydrogens (tertiary/aromatic N) is 2. The van der Waals surface area contributed by atoms with Gasteiger partial charge in [-0.25, -0.2) is 13.4 Å². The lowest BCUT2D eigenvalue weighted by Gasteiger charge is -2.17. The molecule has 0 saturated carbocycles. The molecule has 0 spiro atoms. The molecule has 1 aromatic rings. The second-order valence-corrected chi connectivity index (χ2v) is 6.29. The van der Waals surface area contributed by atoms with Crippen LogP contribution in [0.2, 0.25) is 0 Å². The predicted octanol–water partition coefficient (Wildman–Crippen LogP) is -0.0467. The summed E-state index contributed by atoms with van der Waals surface area (Å²) in [6.07, 6.45) is 2.41. The highest BCUT2D eigenvalue weighted by molar-refractivity contribution is 7.91. The van der Waals surface area contributed by atoms with E-state index in [-0.39, 0.29) is 23.3 Å². The number of hydrogen-bond donors (Lipinski definition) is 1. The zero-order chi connectivity index (χ0) is 12.5. The van der Waals surface area contributed by atoms with E-state index in [2.05, 4.69) is 9.97 Å². The van der Waals surface area contributed by atoms with Crippen LogP contribution in [0.15, 0.2) is 12.4 Å². The van der Waals surface area contributed by atoms with Gasteiger partial charge in [0.2, 0.25) is 5.88 Å². The SMILES string of the molecule is COc1nccnc1C(O)C1CCS(=O)(=O)C1. The maximum atomic E-state index is 11.4. The highest BCUT2D eigenvalue weighted by Crippen LogP contribution is 2.33. The third-order valence-corrected chi connectivity index (χ3v) is 4.67. The lowest BCUT2D eigenvalue weighted by atomic mass is 9.99. The molecule has 6 nitrogen and oxygen atoms in total. The van der Waals surface area contributed by atoms with Gasteiger partial charge in [0, 0.05) is 18.3 Å². The van der Waals surface area contributed by atoms with Crippen molar-refractivity contribution >= 4 is 9.84 Å². The molecule has 0 bridgehead atoms. The Hall–Kier alpha value is -1.21. The Bertz CT molecular complexity index is 503. The van der Waals surface area contributed by atoms with Gasteiger partial charge in [0.1, 0.15) is 11.8 Å². The number of ether oxygens (including phenoxy) is 1. The molecule has 0 radical (unpaired) electrons. The fourth-order valence-electron chi connectivity index (χ4n) is 1.99. The van der Waals surface area contributed by atoms with Crippen LogP contribution in [0.1, 0.15) is 18.2 Å². The normalized spacial score (nSPS) is 24.5. The Balaban J connectivity index is 2.23. The third-order valence-electron chi connectivity index (χ3n) is 2.88. The fourth-order valence-corrected chi connectivity index (χ4v) is 3.82. The molecule has 1 aromatic heterocycles. The number of sulfone groups is 1. The van der Waals surface area contributed by atoms with Crippen LogP contribution in [0.5, 0.6) is 5.88 Å². The molecule has 2 unspecified atom stereocenters. The highest BCUT2D eigenvalue weighted by Gasteiger charge is 2.35. The maximum absolute atomic E-state index is 11.4. The predicted molar refractivity (Wildman–Crippen MR) is 60.3 cm³/mol. The van der Waals surface area contributed by atoms with Crippen LogP contribution >= 0.6 is 0 Å². The number of aliphatic hydroxyl groups is 1. The highest BCUT2D eigenvalue weighted by atomic mass is 32.2. The molecule has 1 saturated heterocycles. The molecular formula is C10H14N2O4S. The van der Waals surface area contributed by atoms with Crippen LogP contribution < -0.4 is 4.74 Å². The average molecular weight is 258 g/mol.